The second kappa shape index (κ2) is 8.27. The van der Waals surface area contributed by atoms with Crippen molar-refractivity contribution in [3.05, 3.63) is 105 Å². The Morgan fingerprint density at radius 3 is 2.23 bits per heavy atom. The van der Waals surface area contributed by atoms with Gasteiger partial charge in [-0.2, -0.15) is 5.10 Å². The van der Waals surface area contributed by atoms with Crippen molar-refractivity contribution < 1.29 is 9.53 Å². The molecule has 4 rings (SSSR count). The lowest BCUT2D eigenvalue weighted by molar-refractivity contribution is 0.0452. The van der Waals surface area contributed by atoms with E-state index in [0.29, 0.717) is 17.1 Å². The van der Waals surface area contributed by atoms with E-state index >= 15 is 0 Å². The molecule has 156 valence electrons. The molecular formula is C23H20N4O4. The number of carbonyl (C=O) groups is 1. The van der Waals surface area contributed by atoms with Crippen LogP contribution in [-0.2, 0) is 25.4 Å². The fourth-order valence-corrected chi connectivity index (χ4v) is 3.17. The van der Waals surface area contributed by atoms with Gasteiger partial charge in [0.25, 0.3) is 5.56 Å². The molecule has 2 heterocycles. The van der Waals surface area contributed by atoms with E-state index in [9.17, 15) is 14.4 Å². The molecule has 0 atom stereocenters. The lowest BCUT2D eigenvalue weighted by atomic mass is 10.1. The molecule has 0 saturated heterocycles. The number of hydrogen-bond donors (Lipinski definition) is 0. The van der Waals surface area contributed by atoms with E-state index in [1.54, 1.807) is 6.07 Å². The van der Waals surface area contributed by atoms with Crippen molar-refractivity contribution in [3.63, 3.8) is 0 Å². The number of para-hydroxylation sites is 1. The predicted molar refractivity (Wildman–Crippen MR) is 115 cm³/mol. The second-order valence-corrected chi connectivity index (χ2v) is 6.98. The summed E-state index contributed by atoms with van der Waals surface area (Å²) in [6, 6.07) is 21.7. The van der Waals surface area contributed by atoms with Crippen LogP contribution in [0.15, 0.2) is 82.4 Å². The first-order valence-electron chi connectivity index (χ1n) is 9.59. The van der Waals surface area contributed by atoms with E-state index in [1.807, 2.05) is 60.7 Å². The number of ether oxygens (including phenoxy) is 1. The van der Waals surface area contributed by atoms with Crippen LogP contribution in [0.25, 0.3) is 16.9 Å². The molecule has 2 aromatic carbocycles. The lowest BCUT2D eigenvalue weighted by Crippen LogP contribution is -2.38. The van der Waals surface area contributed by atoms with Crippen LogP contribution in [0.3, 0.4) is 0 Å². The van der Waals surface area contributed by atoms with Crippen LogP contribution in [0, 0.1) is 0 Å². The second-order valence-electron chi connectivity index (χ2n) is 6.98. The Bertz CT molecular complexity index is 1350. The molecular weight excluding hydrogens is 396 g/mol. The Morgan fingerprint density at radius 2 is 1.55 bits per heavy atom. The molecule has 0 aliphatic heterocycles. The first kappa shape index (κ1) is 20.1. The summed E-state index contributed by atoms with van der Waals surface area (Å²) < 4.78 is 9.23. The van der Waals surface area contributed by atoms with Gasteiger partial charge in [0.15, 0.2) is 5.69 Å². The minimum atomic E-state index is -0.619. The molecule has 0 saturated carbocycles. The molecule has 0 aliphatic carbocycles. The number of carbonyl (C=O) groups excluding carboxylic acids is 1. The van der Waals surface area contributed by atoms with Crippen LogP contribution in [0.5, 0.6) is 0 Å². The number of aromatic nitrogens is 4. The maximum absolute atomic E-state index is 13.0. The standard InChI is InChI=1S/C23H20N4O4/c1-25-18(13-21(28)26(2)23(25)30)15-31-22(29)20-14-19(16-9-5-3-6-10-16)24-27(20)17-11-7-4-8-12-17/h3-14H,15H2,1-2H3. The van der Waals surface area contributed by atoms with Crippen molar-refractivity contribution in [1.82, 2.24) is 18.9 Å². The third-order valence-electron chi connectivity index (χ3n) is 4.97. The Labute approximate surface area is 177 Å². The molecule has 31 heavy (non-hydrogen) atoms. The summed E-state index contributed by atoms with van der Waals surface area (Å²) in [5, 5.41) is 4.59. The van der Waals surface area contributed by atoms with Crippen molar-refractivity contribution in [2.24, 2.45) is 14.1 Å². The quantitative estimate of drug-likeness (QED) is 0.466. The van der Waals surface area contributed by atoms with Crippen LogP contribution < -0.4 is 11.2 Å². The van der Waals surface area contributed by atoms with E-state index in [4.69, 9.17) is 4.74 Å². The van der Waals surface area contributed by atoms with Crippen molar-refractivity contribution in [1.29, 1.82) is 0 Å². The maximum atomic E-state index is 13.0. The van der Waals surface area contributed by atoms with Gasteiger partial charge in [0.05, 0.1) is 17.1 Å². The van der Waals surface area contributed by atoms with Crippen molar-refractivity contribution in [2.45, 2.75) is 6.61 Å². The number of hydrogen-bond acceptors (Lipinski definition) is 5. The van der Waals surface area contributed by atoms with Crippen LogP contribution in [0.4, 0.5) is 0 Å². The monoisotopic (exact) mass is 416 g/mol. The van der Waals surface area contributed by atoms with Gasteiger partial charge in [-0.3, -0.25) is 13.9 Å². The molecule has 8 heteroatoms. The fourth-order valence-electron chi connectivity index (χ4n) is 3.17. The van der Waals surface area contributed by atoms with Gasteiger partial charge in [-0.05, 0) is 18.2 Å². The predicted octanol–water partition coefficient (Wildman–Crippen LogP) is 2.29. The first-order valence-corrected chi connectivity index (χ1v) is 9.59. The van der Waals surface area contributed by atoms with Gasteiger partial charge >= 0.3 is 11.7 Å². The third kappa shape index (κ3) is 3.95. The van der Waals surface area contributed by atoms with Crippen molar-refractivity contribution >= 4 is 5.97 Å². The first-order chi connectivity index (χ1) is 15.0. The maximum Gasteiger partial charge on any atom is 0.357 e. The number of rotatable bonds is 5. The largest absolute Gasteiger partial charge is 0.455 e. The molecule has 8 nitrogen and oxygen atoms in total. The summed E-state index contributed by atoms with van der Waals surface area (Å²) in [7, 11) is 2.91. The van der Waals surface area contributed by atoms with E-state index in [0.717, 1.165) is 10.1 Å². The summed E-state index contributed by atoms with van der Waals surface area (Å²) in [6.45, 7) is -0.221. The number of benzene rings is 2. The molecule has 0 fully saturated rings. The van der Waals surface area contributed by atoms with E-state index < -0.39 is 17.2 Å². The molecule has 0 aliphatic rings. The Balaban J connectivity index is 1.68. The highest BCUT2D eigenvalue weighted by Gasteiger charge is 2.19. The summed E-state index contributed by atoms with van der Waals surface area (Å²) in [4.78, 5) is 37.0. The van der Waals surface area contributed by atoms with Gasteiger partial charge in [-0.15, -0.1) is 0 Å². The molecule has 0 bridgehead atoms. The average Bonchev–Trinajstić information content (AvgIpc) is 3.26. The zero-order valence-electron chi connectivity index (χ0n) is 17.1. The van der Waals surface area contributed by atoms with Crippen LogP contribution >= 0.6 is 0 Å². The summed E-state index contributed by atoms with van der Waals surface area (Å²) >= 11 is 0. The fraction of sp³-hybridized carbons (Fsp3) is 0.130. The average molecular weight is 416 g/mol. The van der Waals surface area contributed by atoms with Gasteiger partial charge in [-0.25, -0.2) is 14.3 Å². The Kier molecular flexibility index (Phi) is 5.36. The highest BCUT2D eigenvalue weighted by atomic mass is 16.5. The summed E-state index contributed by atoms with van der Waals surface area (Å²) in [5.74, 6) is -0.619. The van der Waals surface area contributed by atoms with E-state index in [-0.39, 0.29) is 12.3 Å². The lowest BCUT2D eigenvalue weighted by Gasteiger charge is -2.11. The highest BCUT2D eigenvalue weighted by Crippen LogP contribution is 2.22. The molecule has 0 N–H and O–H groups in total. The van der Waals surface area contributed by atoms with E-state index in [1.165, 1.54) is 29.4 Å². The normalized spacial score (nSPS) is 10.8. The molecule has 0 spiro atoms. The minimum Gasteiger partial charge on any atom is -0.455 e. The van der Waals surface area contributed by atoms with Gasteiger partial charge in [0, 0.05) is 25.7 Å². The molecule has 0 amide bonds. The van der Waals surface area contributed by atoms with E-state index in [2.05, 4.69) is 5.10 Å². The molecule has 0 unspecified atom stereocenters. The topological polar surface area (TPSA) is 88.1 Å². The van der Waals surface area contributed by atoms with Gasteiger partial charge < -0.3 is 4.74 Å². The van der Waals surface area contributed by atoms with Crippen LogP contribution in [-0.4, -0.2) is 24.9 Å². The summed E-state index contributed by atoms with van der Waals surface area (Å²) in [6.07, 6.45) is 0. The third-order valence-corrected chi connectivity index (χ3v) is 4.97. The highest BCUT2D eigenvalue weighted by molar-refractivity contribution is 5.89. The molecule has 2 aromatic heterocycles. The Hall–Kier alpha value is -4.20. The molecule has 0 radical (unpaired) electrons. The van der Waals surface area contributed by atoms with Gasteiger partial charge in [0.2, 0.25) is 0 Å². The van der Waals surface area contributed by atoms with Crippen molar-refractivity contribution in [3.8, 4) is 16.9 Å². The SMILES string of the molecule is Cn1c(COC(=O)c2cc(-c3ccccc3)nn2-c2ccccc2)cc(=O)n(C)c1=O. The van der Waals surface area contributed by atoms with Crippen LogP contribution in [0.2, 0.25) is 0 Å². The number of esters is 1. The zero-order chi connectivity index (χ0) is 22.0. The smallest absolute Gasteiger partial charge is 0.357 e. The zero-order valence-corrected chi connectivity index (χ0v) is 17.1. The Morgan fingerprint density at radius 1 is 0.903 bits per heavy atom. The van der Waals surface area contributed by atoms with Gasteiger partial charge in [-0.1, -0.05) is 48.5 Å². The minimum absolute atomic E-state index is 0.221. The summed E-state index contributed by atoms with van der Waals surface area (Å²) in [5.41, 5.74) is 1.78. The molecule has 4 aromatic rings. The van der Waals surface area contributed by atoms with Crippen LogP contribution in [0.1, 0.15) is 16.2 Å². The van der Waals surface area contributed by atoms with Gasteiger partial charge in [0.1, 0.15) is 6.61 Å². The van der Waals surface area contributed by atoms with Crippen molar-refractivity contribution in [2.75, 3.05) is 0 Å². The number of nitrogens with zero attached hydrogens (tertiary/aromatic N) is 4.